The standard InChI is InChI=1S/C29H34N4O5/c1-18-22-8-6-7-9-23(22)37-24(18)17-33(5)25(34)11-10-19-14-21-15-20(27(35)32-26(21)31-16-19)12-13-30-28(36)38-29(2,3)4/h6-11,14,16,20H,12-13,15,17H2,1-5H3,(H,30,36)(H,31,32,35)/b11-10+. The van der Waals surface area contributed by atoms with Crippen molar-refractivity contribution in [3.05, 3.63) is 65.1 Å². The molecule has 200 valence electrons. The van der Waals surface area contributed by atoms with Gasteiger partial charge in [0.1, 0.15) is 22.8 Å². The molecule has 0 fully saturated rings. The zero-order chi connectivity index (χ0) is 27.4. The lowest BCUT2D eigenvalue weighted by molar-refractivity contribution is -0.125. The molecule has 9 nitrogen and oxygen atoms in total. The first-order chi connectivity index (χ1) is 18.0. The summed E-state index contributed by atoms with van der Waals surface area (Å²) in [4.78, 5) is 43.1. The number of para-hydroxylation sites is 1. The van der Waals surface area contributed by atoms with Gasteiger partial charge in [-0.05, 0) is 69.9 Å². The number of anilines is 1. The summed E-state index contributed by atoms with van der Waals surface area (Å²) in [6, 6.07) is 9.73. The third kappa shape index (κ3) is 6.59. The summed E-state index contributed by atoms with van der Waals surface area (Å²) in [5.41, 5.74) is 2.90. The van der Waals surface area contributed by atoms with E-state index in [4.69, 9.17) is 9.15 Å². The first kappa shape index (κ1) is 26.9. The summed E-state index contributed by atoms with van der Waals surface area (Å²) in [5.74, 6) is 0.679. The maximum Gasteiger partial charge on any atom is 0.407 e. The van der Waals surface area contributed by atoms with E-state index in [0.717, 1.165) is 33.4 Å². The Morgan fingerprint density at radius 1 is 1.29 bits per heavy atom. The van der Waals surface area contributed by atoms with Crippen molar-refractivity contribution in [1.29, 1.82) is 0 Å². The number of amides is 3. The first-order valence-electron chi connectivity index (χ1n) is 12.7. The van der Waals surface area contributed by atoms with Crippen molar-refractivity contribution in [3.63, 3.8) is 0 Å². The van der Waals surface area contributed by atoms with Crippen LogP contribution in [-0.4, -0.2) is 47.0 Å². The second-order valence-electron chi connectivity index (χ2n) is 10.6. The summed E-state index contributed by atoms with van der Waals surface area (Å²) in [5, 5.41) is 6.58. The molecule has 0 saturated heterocycles. The molecule has 1 aliphatic rings. The van der Waals surface area contributed by atoms with Crippen molar-refractivity contribution in [1.82, 2.24) is 15.2 Å². The van der Waals surface area contributed by atoms with Gasteiger partial charge in [0.2, 0.25) is 11.8 Å². The van der Waals surface area contributed by atoms with Gasteiger partial charge in [0.05, 0.1) is 6.54 Å². The Morgan fingerprint density at radius 2 is 2.05 bits per heavy atom. The highest BCUT2D eigenvalue weighted by Gasteiger charge is 2.27. The number of carbonyl (C=O) groups is 3. The number of aromatic nitrogens is 1. The van der Waals surface area contributed by atoms with E-state index >= 15 is 0 Å². The van der Waals surface area contributed by atoms with E-state index in [1.165, 1.54) is 6.08 Å². The Balaban J connectivity index is 1.35. The molecule has 9 heteroatoms. The van der Waals surface area contributed by atoms with Crippen LogP contribution in [-0.2, 0) is 27.3 Å². The van der Waals surface area contributed by atoms with Gasteiger partial charge in [-0.25, -0.2) is 9.78 Å². The van der Waals surface area contributed by atoms with Crippen molar-refractivity contribution in [2.45, 2.75) is 52.7 Å². The Kier molecular flexibility index (Phi) is 7.85. The number of hydrogen-bond donors (Lipinski definition) is 2. The van der Waals surface area contributed by atoms with Crippen LogP contribution in [0.5, 0.6) is 0 Å². The highest BCUT2D eigenvalue weighted by molar-refractivity contribution is 5.95. The van der Waals surface area contributed by atoms with E-state index < -0.39 is 11.7 Å². The molecule has 3 amide bonds. The Bertz CT molecular complexity index is 1390. The number of alkyl carbamates (subject to hydrolysis) is 1. The van der Waals surface area contributed by atoms with Crippen LogP contribution in [0, 0.1) is 12.8 Å². The molecule has 0 saturated carbocycles. The Morgan fingerprint density at radius 3 is 2.79 bits per heavy atom. The number of nitrogens with zero attached hydrogens (tertiary/aromatic N) is 2. The maximum absolute atomic E-state index is 12.8. The maximum atomic E-state index is 12.8. The number of nitrogens with one attached hydrogen (secondary N) is 2. The van der Waals surface area contributed by atoms with Crippen LogP contribution in [0.4, 0.5) is 10.6 Å². The van der Waals surface area contributed by atoms with Crippen molar-refractivity contribution in [3.8, 4) is 0 Å². The van der Waals surface area contributed by atoms with Crippen molar-refractivity contribution >= 4 is 40.8 Å². The molecule has 0 bridgehead atoms. The van der Waals surface area contributed by atoms with E-state index in [9.17, 15) is 14.4 Å². The third-order valence-electron chi connectivity index (χ3n) is 6.35. The quantitative estimate of drug-likeness (QED) is 0.433. The summed E-state index contributed by atoms with van der Waals surface area (Å²) in [6.07, 6.45) is 5.29. The number of furan rings is 1. The molecule has 3 heterocycles. The van der Waals surface area contributed by atoms with E-state index in [-0.39, 0.29) is 17.7 Å². The fourth-order valence-corrected chi connectivity index (χ4v) is 4.32. The normalized spacial score (nSPS) is 15.3. The number of aryl methyl sites for hydroxylation is 1. The first-order valence-corrected chi connectivity index (χ1v) is 12.7. The molecule has 2 N–H and O–H groups in total. The van der Waals surface area contributed by atoms with E-state index in [2.05, 4.69) is 15.6 Å². The Hall–Kier alpha value is -4.14. The summed E-state index contributed by atoms with van der Waals surface area (Å²) in [6.45, 7) is 8.06. The van der Waals surface area contributed by atoms with Gasteiger partial charge >= 0.3 is 6.09 Å². The van der Waals surface area contributed by atoms with Crippen molar-refractivity contribution in [2.24, 2.45) is 5.92 Å². The number of ether oxygens (including phenoxy) is 1. The average Bonchev–Trinajstić information content (AvgIpc) is 3.16. The van der Waals surface area contributed by atoms with Gasteiger partial charge in [-0.2, -0.15) is 0 Å². The van der Waals surface area contributed by atoms with Gasteiger partial charge in [-0.15, -0.1) is 0 Å². The molecule has 1 atom stereocenters. The number of fused-ring (bicyclic) bond motifs is 2. The highest BCUT2D eigenvalue weighted by Crippen LogP contribution is 2.27. The molecule has 4 rings (SSSR count). The second-order valence-corrected chi connectivity index (χ2v) is 10.6. The lowest BCUT2D eigenvalue weighted by atomic mass is 9.91. The van der Waals surface area contributed by atoms with Crippen LogP contribution in [0.2, 0.25) is 0 Å². The minimum atomic E-state index is -0.580. The molecular formula is C29H34N4O5. The van der Waals surface area contributed by atoms with Gasteiger partial charge in [0.25, 0.3) is 0 Å². The molecule has 1 aliphatic heterocycles. The number of carbonyl (C=O) groups excluding carboxylic acids is 3. The van der Waals surface area contributed by atoms with Gasteiger partial charge in [0, 0.05) is 42.7 Å². The summed E-state index contributed by atoms with van der Waals surface area (Å²) >= 11 is 0. The largest absolute Gasteiger partial charge is 0.459 e. The van der Waals surface area contributed by atoms with Crippen LogP contribution in [0.1, 0.15) is 49.6 Å². The van der Waals surface area contributed by atoms with Gasteiger partial charge in [-0.1, -0.05) is 18.2 Å². The van der Waals surface area contributed by atoms with Crippen LogP contribution in [0.3, 0.4) is 0 Å². The minimum Gasteiger partial charge on any atom is -0.459 e. The number of hydrogen-bond acceptors (Lipinski definition) is 6. The van der Waals surface area contributed by atoms with Gasteiger partial charge in [0.15, 0.2) is 0 Å². The zero-order valence-corrected chi connectivity index (χ0v) is 22.5. The van der Waals surface area contributed by atoms with Crippen molar-refractivity contribution < 1.29 is 23.5 Å². The van der Waals surface area contributed by atoms with E-state index in [1.807, 2.05) is 37.3 Å². The van der Waals surface area contributed by atoms with E-state index in [0.29, 0.717) is 31.7 Å². The second kappa shape index (κ2) is 11.1. The molecule has 2 aromatic heterocycles. The fourth-order valence-electron chi connectivity index (χ4n) is 4.32. The molecule has 3 aromatic rings. The molecule has 38 heavy (non-hydrogen) atoms. The van der Waals surface area contributed by atoms with Gasteiger partial charge < -0.3 is 24.7 Å². The number of likely N-dealkylation sites (N-methyl/N-ethyl adjacent to an activating group) is 1. The highest BCUT2D eigenvalue weighted by atomic mass is 16.6. The fraction of sp³-hybridized carbons (Fsp3) is 0.379. The number of benzene rings is 1. The molecule has 0 spiro atoms. The summed E-state index contributed by atoms with van der Waals surface area (Å²) in [7, 11) is 1.73. The summed E-state index contributed by atoms with van der Waals surface area (Å²) < 4.78 is 11.2. The van der Waals surface area contributed by atoms with Crippen LogP contribution in [0.25, 0.3) is 17.0 Å². The predicted molar refractivity (Wildman–Crippen MR) is 145 cm³/mol. The topological polar surface area (TPSA) is 114 Å². The molecule has 0 aliphatic carbocycles. The average molecular weight is 519 g/mol. The van der Waals surface area contributed by atoms with Gasteiger partial charge in [-0.3, -0.25) is 9.59 Å². The SMILES string of the molecule is Cc1c(CN(C)C(=O)/C=C/c2cnc3c(c2)CC(CCNC(=O)OC(C)(C)C)C(=O)N3)oc2ccccc12. The molecule has 1 unspecified atom stereocenters. The van der Waals surface area contributed by atoms with Crippen LogP contribution >= 0.6 is 0 Å². The molecular weight excluding hydrogens is 484 g/mol. The lowest BCUT2D eigenvalue weighted by Gasteiger charge is -2.24. The lowest BCUT2D eigenvalue weighted by Crippen LogP contribution is -2.36. The predicted octanol–water partition coefficient (Wildman–Crippen LogP) is 4.83. The minimum absolute atomic E-state index is 0.128. The van der Waals surface area contributed by atoms with E-state index in [1.54, 1.807) is 45.0 Å². The molecule has 0 radical (unpaired) electrons. The zero-order valence-electron chi connectivity index (χ0n) is 22.5. The number of pyridine rings is 1. The van der Waals surface area contributed by atoms with Crippen LogP contribution in [0.15, 0.2) is 47.0 Å². The Labute approximate surface area is 222 Å². The third-order valence-corrected chi connectivity index (χ3v) is 6.35. The smallest absolute Gasteiger partial charge is 0.407 e. The number of rotatable bonds is 7. The molecule has 1 aromatic carbocycles. The van der Waals surface area contributed by atoms with Crippen LogP contribution < -0.4 is 10.6 Å². The monoisotopic (exact) mass is 518 g/mol. The van der Waals surface area contributed by atoms with Crippen molar-refractivity contribution in [2.75, 3.05) is 18.9 Å².